The van der Waals surface area contributed by atoms with Gasteiger partial charge in [-0.2, -0.15) is 12.6 Å². The van der Waals surface area contributed by atoms with Gasteiger partial charge in [0, 0.05) is 10.2 Å². The molecule has 1 N–H and O–H groups in total. The topological polar surface area (TPSA) is 29.1 Å². The van der Waals surface area contributed by atoms with Gasteiger partial charge in [-0.25, -0.2) is 0 Å². The van der Waals surface area contributed by atoms with Crippen LogP contribution in [0.5, 0.6) is 0 Å². The van der Waals surface area contributed by atoms with Crippen LogP contribution in [0, 0.1) is 0 Å². The molecular weight excluding hydrogens is 358 g/mol. The van der Waals surface area contributed by atoms with E-state index < -0.39 is 5.25 Å². The molecule has 5 heteroatoms. The predicted molar refractivity (Wildman–Crippen MR) is 90.7 cm³/mol. The summed E-state index contributed by atoms with van der Waals surface area (Å²) < 4.78 is 0.746. The number of carbonyl (C=O) groups excluding carboxylic acids is 1. The van der Waals surface area contributed by atoms with Crippen LogP contribution in [0.2, 0.25) is 5.02 Å². The van der Waals surface area contributed by atoms with E-state index in [0.29, 0.717) is 17.1 Å². The van der Waals surface area contributed by atoms with Gasteiger partial charge in [-0.1, -0.05) is 41.9 Å². The molecule has 0 saturated heterocycles. The van der Waals surface area contributed by atoms with Gasteiger partial charge in [0.1, 0.15) is 0 Å². The zero-order chi connectivity index (χ0) is 14.5. The van der Waals surface area contributed by atoms with Gasteiger partial charge in [0.2, 0.25) is 5.91 Å². The minimum absolute atomic E-state index is 0.133. The van der Waals surface area contributed by atoms with Gasteiger partial charge in [0.15, 0.2) is 0 Å². The van der Waals surface area contributed by atoms with Crippen LogP contribution in [-0.4, -0.2) is 11.2 Å². The Labute approximate surface area is 137 Å². The van der Waals surface area contributed by atoms with Crippen molar-refractivity contribution in [3.8, 4) is 0 Å². The number of hydrogen-bond acceptors (Lipinski definition) is 2. The van der Waals surface area contributed by atoms with E-state index in [1.165, 1.54) is 0 Å². The molecule has 0 saturated carbocycles. The molecule has 1 amide bonds. The Hall–Kier alpha value is -0.970. The minimum Gasteiger partial charge on any atom is -0.325 e. The molecule has 2 rings (SSSR count). The first-order valence-corrected chi connectivity index (χ1v) is 7.73. The van der Waals surface area contributed by atoms with Crippen LogP contribution < -0.4 is 5.32 Å². The lowest BCUT2D eigenvalue weighted by Gasteiger charge is -2.12. The summed E-state index contributed by atoms with van der Waals surface area (Å²) in [6.45, 7) is 0. The fourth-order valence-electron chi connectivity index (χ4n) is 1.73. The number of halogens is 2. The average molecular weight is 371 g/mol. The van der Waals surface area contributed by atoms with Gasteiger partial charge in [0.25, 0.3) is 0 Å². The molecule has 0 spiro atoms. The number of benzene rings is 2. The lowest BCUT2D eigenvalue weighted by molar-refractivity contribution is -0.115. The first-order chi connectivity index (χ1) is 9.56. The van der Waals surface area contributed by atoms with Crippen molar-refractivity contribution in [3.05, 3.63) is 63.6 Å². The second kappa shape index (κ2) is 7.16. The molecule has 104 valence electrons. The normalized spacial score (nSPS) is 11.9. The van der Waals surface area contributed by atoms with Crippen molar-refractivity contribution in [1.82, 2.24) is 0 Å². The van der Waals surface area contributed by atoms with E-state index in [9.17, 15) is 4.79 Å². The molecule has 0 aliphatic heterocycles. The standard InChI is InChI=1S/C15H13BrClNOS/c16-12-9-11(6-7-13(12)17)18-15(19)14(20)8-10-4-2-1-3-5-10/h1-7,9,14,20H,8H2,(H,18,19). The molecular formula is C15H13BrClNOS. The number of carbonyl (C=O) groups is 1. The Kier molecular flexibility index (Phi) is 5.52. The summed E-state index contributed by atoms with van der Waals surface area (Å²) in [7, 11) is 0. The lowest BCUT2D eigenvalue weighted by atomic mass is 10.1. The molecule has 0 fully saturated rings. The highest BCUT2D eigenvalue weighted by molar-refractivity contribution is 9.10. The summed E-state index contributed by atoms with van der Waals surface area (Å²) in [5.74, 6) is -0.133. The van der Waals surface area contributed by atoms with Crippen LogP contribution in [-0.2, 0) is 11.2 Å². The summed E-state index contributed by atoms with van der Waals surface area (Å²) in [6, 6.07) is 15.1. The molecule has 2 aromatic rings. The molecule has 0 radical (unpaired) electrons. The number of rotatable bonds is 4. The molecule has 0 aliphatic carbocycles. The zero-order valence-corrected chi connectivity index (χ0v) is 13.8. The molecule has 0 heterocycles. The number of amides is 1. The molecule has 0 bridgehead atoms. The zero-order valence-electron chi connectivity index (χ0n) is 10.5. The molecule has 1 unspecified atom stereocenters. The Morgan fingerprint density at radius 1 is 1.25 bits per heavy atom. The highest BCUT2D eigenvalue weighted by Crippen LogP contribution is 2.25. The summed E-state index contributed by atoms with van der Waals surface area (Å²) >= 11 is 13.6. The highest BCUT2D eigenvalue weighted by atomic mass is 79.9. The maximum absolute atomic E-state index is 12.1. The van der Waals surface area contributed by atoms with Crippen LogP contribution in [0.4, 0.5) is 5.69 Å². The minimum atomic E-state index is -0.396. The highest BCUT2D eigenvalue weighted by Gasteiger charge is 2.15. The van der Waals surface area contributed by atoms with Gasteiger partial charge >= 0.3 is 0 Å². The van der Waals surface area contributed by atoms with Crippen molar-refractivity contribution >= 4 is 51.8 Å². The van der Waals surface area contributed by atoms with Crippen molar-refractivity contribution in [2.45, 2.75) is 11.7 Å². The lowest BCUT2D eigenvalue weighted by Crippen LogP contribution is -2.25. The molecule has 2 nitrogen and oxygen atoms in total. The van der Waals surface area contributed by atoms with Gasteiger partial charge in [-0.15, -0.1) is 0 Å². The van der Waals surface area contributed by atoms with Gasteiger partial charge < -0.3 is 5.32 Å². The van der Waals surface area contributed by atoms with Crippen LogP contribution in [0.15, 0.2) is 53.0 Å². The molecule has 20 heavy (non-hydrogen) atoms. The molecule has 0 aromatic heterocycles. The van der Waals surface area contributed by atoms with Crippen molar-refractivity contribution in [3.63, 3.8) is 0 Å². The smallest absolute Gasteiger partial charge is 0.237 e. The van der Waals surface area contributed by atoms with E-state index in [1.807, 2.05) is 30.3 Å². The Bertz CT molecular complexity index is 606. The van der Waals surface area contributed by atoms with E-state index in [4.69, 9.17) is 11.6 Å². The maximum atomic E-state index is 12.1. The quantitative estimate of drug-likeness (QED) is 0.758. The van der Waals surface area contributed by atoms with Gasteiger partial charge in [0.05, 0.1) is 10.3 Å². The Morgan fingerprint density at radius 3 is 2.60 bits per heavy atom. The second-order valence-electron chi connectivity index (χ2n) is 4.32. The fraction of sp³-hybridized carbons (Fsp3) is 0.133. The van der Waals surface area contributed by atoms with Gasteiger partial charge in [-0.3, -0.25) is 4.79 Å². The van der Waals surface area contributed by atoms with E-state index in [-0.39, 0.29) is 5.91 Å². The Morgan fingerprint density at radius 2 is 1.95 bits per heavy atom. The summed E-state index contributed by atoms with van der Waals surface area (Å²) in [6.07, 6.45) is 0.588. The Balaban J connectivity index is 1.99. The first-order valence-electron chi connectivity index (χ1n) is 6.04. The van der Waals surface area contributed by atoms with Crippen LogP contribution in [0.1, 0.15) is 5.56 Å². The summed E-state index contributed by atoms with van der Waals surface area (Å²) in [4.78, 5) is 12.1. The summed E-state index contributed by atoms with van der Waals surface area (Å²) in [5.41, 5.74) is 1.78. The maximum Gasteiger partial charge on any atom is 0.237 e. The van der Waals surface area contributed by atoms with Gasteiger partial charge in [-0.05, 0) is 46.1 Å². The SMILES string of the molecule is O=C(Nc1ccc(Cl)c(Br)c1)C(S)Cc1ccccc1. The van der Waals surface area contributed by atoms with Crippen molar-refractivity contribution in [1.29, 1.82) is 0 Å². The number of thiol groups is 1. The van der Waals surface area contributed by atoms with Crippen molar-refractivity contribution in [2.24, 2.45) is 0 Å². The third-order valence-corrected chi connectivity index (χ3v) is 4.39. The second-order valence-corrected chi connectivity index (χ2v) is 6.21. The molecule has 1 atom stereocenters. The summed E-state index contributed by atoms with van der Waals surface area (Å²) in [5, 5.41) is 3.04. The van der Waals surface area contributed by atoms with Crippen LogP contribution >= 0.6 is 40.2 Å². The largest absolute Gasteiger partial charge is 0.325 e. The molecule has 2 aromatic carbocycles. The predicted octanol–water partition coefficient (Wildman–Crippen LogP) is 4.58. The molecule has 0 aliphatic rings. The van der Waals surface area contributed by atoms with Crippen LogP contribution in [0.3, 0.4) is 0 Å². The number of hydrogen-bond donors (Lipinski definition) is 2. The van der Waals surface area contributed by atoms with E-state index in [2.05, 4.69) is 33.9 Å². The third-order valence-electron chi connectivity index (χ3n) is 2.76. The average Bonchev–Trinajstić information content (AvgIpc) is 2.44. The van der Waals surface area contributed by atoms with Crippen molar-refractivity contribution in [2.75, 3.05) is 5.32 Å². The number of anilines is 1. The third kappa shape index (κ3) is 4.27. The number of nitrogens with one attached hydrogen (secondary N) is 1. The van der Waals surface area contributed by atoms with E-state index in [0.717, 1.165) is 10.0 Å². The van der Waals surface area contributed by atoms with E-state index >= 15 is 0 Å². The fourth-order valence-corrected chi connectivity index (χ4v) is 2.50. The first kappa shape index (κ1) is 15.4. The van der Waals surface area contributed by atoms with Crippen LogP contribution in [0.25, 0.3) is 0 Å². The van der Waals surface area contributed by atoms with Crippen molar-refractivity contribution < 1.29 is 4.79 Å². The van der Waals surface area contributed by atoms with E-state index in [1.54, 1.807) is 18.2 Å². The monoisotopic (exact) mass is 369 g/mol.